The number of carbonyl (C=O) groups is 1. The van der Waals surface area contributed by atoms with Crippen molar-refractivity contribution in [3.05, 3.63) is 64.9 Å². The number of aromatic carboxylic acids is 1. The second-order valence-corrected chi connectivity index (χ2v) is 7.11. The van der Waals surface area contributed by atoms with Gasteiger partial charge in [0.15, 0.2) is 0 Å². The SMILES string of the molecule is CCOc1ccc(-c2c(C(=O)O)[nH]c(-c3cccc4[nH]ccc34)c2CC)c(Cl)c1. The summed E-state index contributed by atoms with van der Waals surface area (Å²) in [5.41, 5.74) is 5.10. The first kappa shape index (κ1) is 19.2. The summed E-state index contributed by atoms with van der Waals surface area (Å²) in [5, 5.41) is 11.4. The van der Waals surface area contributed by atoms with E-state index in [4.69, 9.17) is 16.3 Å². The van der Waals surface area contributed by atoms with E-state index in [2.05, 4.69) is 9.97 Å². The molecule has 148 valence electrons. The van der Waals surface area contributed by atoms with E-state index in [0.29, 0.717) is 34.9 Å². The number of rotatable bonds is 6. The van der Waals surface area contributed by atoms with Crippen LogP contribution in [0.3, 0.4) is 0 Å². The Morgan fingerprint density at radius 2 is 1.97 bits per heavy atom. The second kappa shape index (κ2) is 7.68. The third-order valence-electron chi connectivity index (χ3n) is 5.06. The van der Waals surface area contributed by atoms with Gasteiger partial charge in [-0.1, -0.05) is 30.7 Å². The van der Waals surface area contributed by atoms with E-state index >= 15 is 0 Å². The van der Waals surface area contributed by atoms with Crippen LogP contribution in [-0.2, 0) is 6.42 Å². The molecular weight excluding hydrogens is 388 g/mol. The Bertz CT molecular complexity index is 1210. The number of fused-ring (bicyclic) bond motifs is 1. The average Bonchev–Trinajstić information content (AvgIpc) is 3.32. The van der Waals surface area contributed by atoms with Crippen LogP contribution in [0.1, 0.15) is 29.9 Å². The molecule has 0 atom stereocenters. The number of halogens is 1. The van der Waals surface area contributed by atoms with E-state index in [9.17, 15) is 9.90 Å². The number of ether oxygens (including phenoxy) is 1. The summed E-state index contributed by atoms with van der Waals surface area (Å²) in [6, 6.07) is 13.3. The normalized spacial score (nSPS) is 11.1. The van der Waals surface area contributed by atoms with Gasteiger partial charge in [-0.2, -0.15) is 0 Å². The van der Waals surface area contributed by atoms with Crippen molar-refractivity contribution in [3.8, 4) is 28.1 Å². The van der Waals surface area contributed by atoms with Gasteiger partial charge in [-0.25, -0.2) is 4.79 Å². The third-order valence-corrected chi connectivity index (χ3v) is 5.37. The van der Waals surface area contributed by atoms with Crippen LogP contribution in [0.25, 0.3) is 33.3 Å². The fourth-order valence-corrected chi connectivity index (χ4v) is 4.10. The van der Waals surface area contributed by atoms with E-state index in [1.807, 2.05) is 56.4 Å². The molecule has 2 aromatic carbocycles. The Balaban J connectivity index is 1.98. The van der Waals surface area contributed by atoms with Crippen LogP contribution in [0.15, 0.2) is 48.7 Å². The van der Waals surface area contributed by atoms with Crippen LogP contribution >= 0.6 is 11.6 Å². The lowest BCUT2D eigenvalue weighted by Crippen LogP contribution is -2.00. The van der Waals surface area contributed by atoms with Crippen molar-refractivity contribution < 1.29 is 14.6 Å². The molecule has 0 spiro atoms. The minimum Gasteiger partial charge on any atom is -0.494 e. The smallest absolute Gasteiger partial charge is 0.352 e. The van der Waals surface area contributed by atoms with Gasteiger partial charge in [0.05, 0.1) is 17.3 Å². The van der Waals surface area contributed by atoms with Gasteiger partial charge < -0.3 is 19.8 Å². The maximum atomic E-state index is 12.1. The summed E-state index contributed by atoms with van der Waals surface area (Å²) in [6.07, 6.45) is 2.53. The van der Waals surface area contributed by atoms with Gasteiger partial charge >= 0.3 is 5.97 Å². The highest BCUT2D eigenvalue weighted by Crippen LogP contribution is 2.41. The summed E-state index contributed by atoms with van der Waals surface area (Å²) in [6.45, 7) is 4.45. The molecule has 2 heterocycles. The quantitative estimate of drug-likeness (QED) is 0.358. The zero-order valence-electron chi connectivity index (χ0n) is 16.2. The van der Waals surface area contributed by atoms with Gasteiger partial charge in [-0.3, -0.25) is 0 Å². The molecule has 0 saturated heterocycles. The Hall–Kier alpha value is -3.18. The van der Waals surface area contributed by atoms with Gasteiger partial charge in [0, 0.05) is 33.8 Å². The monoisotopic (exact) mass is 408 g/mol. The topological polar surface area (TPSA) is 78.1 Å². The van der Waals surface area contributed by atoms with Gasteiger partial charge in [-0.05, 0) is 49.2 Å². The lowest BCUT2D eigenvalue weighted by Gasteiger charge is -2.11. The Morgan fingerprint density at radius 1 is 1.14 bits per heavy atom. The number of carboxylic acids is 1. The molecule has 0 fully saturated rings. The lowest BCUT2D eigenvalue weighted by atomic mass is 9.95. The van der Waals surface area contributed by atoms with Crippen molar-refractivity contribution in [3.63, 3.8) is 0 Å². The molecular formula is C23H21ClN2O3. The Morgan fingerprint density at radius 3 is 2.66 bits per heavy atom. The number of hydrogen-bond acceptors (Lipinski definition) is 2. The molecule has 0 bridgehead atoms. The van der Waals surface area contributed by atoms with Crippen LogP contribution in [0.4, 0.5) is 0 Å². The first-order chi connectivity index (χ1) is 14.0. The van der Waals surface area contributed by atoms with Crippen molar-refractivity contribution in [2.75, 3.05) is 6.61 Å². The largest absolute Gasteiger partial charge is 0.494 e. The number of carboxylic acid groups (broad SMARTS) is 1. The standard InChI is InChI=1S/C23H21ClN2O3/c1-3-14-20(17-9-8-13(29-4-2)12-18(17)24)22(23(27)28)26-21(14)16-6-5-7-19-15(16)10-11-25-19/h5-12,25-26H,3-4H2,1-2H3,(H,27,28). The molecule has 0 aliphatic carbocycles. The van der Waals surface area contributed by atoms with Gasteiger partial charge in [0.1, 0.15) is 11.4 Å². The highest BCUT2D eigenvalue weighted by molar-refractivity contribution is 6.33. The number of benzene rings is 2. The Labute approximate surface area is 173 Å². The van der Waals surface area contributed by atoms with Crippen LogP contribution in [0.5, 0.6) is 5.75 Å². The van der Waals surface area contributed by atoms with Crippen LogP contribution in [-0.4, -0.2) is 27.7 Å². The minimum atomic E-state index is -1.02. The molecule has 0 amide bonds. The van der Waals surface area contributed by atoms with E-state index in [1.54, 1.807) is 6.07 Å². The first-order valence-electron chi connectivity index (χ1n) is 9.52. The zero-order valence-corrected chi connectivity index (χ0v) is 16.9. The molecule has 0 unspecified atom stereocenters. The fourth-order valence-electron chi connectivity index (χ4n) is 3.84. The highest BCUT2D eigenvalue weighted by atomic mass is 35.5. The number of H-pyrrole nitrogens is 2. The number of aromatic nitrogens is 2. The highest BCUT2D eigenvalue weighted by Gasteiger charge is 2.25. The molecule has 2 aromatic heterocycles. The molecule has 29 heavy (non-hydrogen) atoms. The molecule has 0 radical (unpaired) electrons. The third kappa shape index (κ3) is 3.28. The van der Waals surface area contributed by atoms with Gasteiger partial charge in [0.2, 0.25) is 0 Å². The van der Waals surface area contributed by atoms with Crippen molar-refractivity contribution >= 4 is 28.5 Å². The number of nitrogens with one attached hydrogen (secondary N) is 2. The molecule has 6 heteroatoms. The summed E-state index contributed by atoms with van der Waals surface area (Å²) in [5.74, 6) is -0.365. The van der Waals surface area contributed by atoms with Crippen LogP contribution in [0.2, 0.25) is 5.02 Å². The second-order valence-electron chi connectivity index (χ2n) is 6.71. The fraction of sp³-hybridized carbons (Fsp3) is 0.174. The maximum Gasteiger partial charge on any atom is 0.352 e. The summed E-state index contributed by atoms with van der Waals surface area (Å²) in [7, 11) is 0. The lowest BCUT2D eigenvalue weighted by molar-refractivity contribution is 0.0692. The van der Waals surface area contributed by atoms with E-state index < -0.39 is 5.97 Å². The molecule has 5 nitrogen and oxygen atoms in total. The molecule has 0 saturated carbocycles. The van der Waals surface area contributed by atoms with Gasteiger partial charge in [-0.15, -0.1) is 0 Å². The van der Waals surface area contributed by atoms with Gasteiger partial charge in [0.25, 0.3) is 0 Å². The molecule has 0 aliphatic heterocycles. The van der Waals surface area contributed by atoms with E-state index in [0.717, 1.165) is 27.7 Å². The van der Waals surface area contributed by atoms with Crippen molar-refractivity contribution in [2.45, 2.75) is 20.3 Å². The summed E-state index contributed by atoms with van der Waals surface area (Å²) >= 11 is 6.55. The summed E-state index contributed by atoms with van der Waals surface area (Å²) in [4.78, 5) is 18.5. The summed E-state index contributed by atoms with van der Waals surface area (Å²) < 4.78 is 5.51. The predicted molar refractivity (Wildman–Crippen MR) is 116 cm³/mol. The predicted octanol–water partition coefficient (Wildman–Crippen LogP) is 6.14. The minimum absolute atomic E-state index is 0.135. The van der Waals surface area contributed by atoms with E-state index in [1.165, 1.54) is 0 Å². The molecule has 0 aliphatic rings. The Kier molecular flexibility index (Phi) is 5.07. The van der Waals surface area contributed by atoms with Crippen LogP contribution in [0, 0.1) is 0 Å². The number of hydrogen-bond donors (Lipinski definition) is 3. The number of aromatic amines is 2. The average molecular weight is 409 g/mol. The molecule has 3 N–H and O–H groups in total. The van der Waals surface area contributed by atoms with E-state index in [-0.39, 0.29) is 5.69 Å². The first-order valence-corrected chi connectivity index (χ1v) is 9.90. The van der Waals surface area contributed by atoms with Crippen molar-refractivity contribution in [1.29, 1.82) is 0 Å². The maximum absolute atomic E-state index is 12.1. The zero-order chi connectivity index (χ0) is 20.5. The van der Waals surface area contributed by atoms with Crippen molar-refractivity contribution in [2.24, 2.45) is 0 Å². The molecule has 4 aromatic rings. The van der Waals surface area contributed by atoms with Crippen molar-refractivity contribution in [1.82, 2.24) is 9.97 Å². The molecule has 4 rings (SSSR count). The van der Waals surface area contributed by atoms with Crippen LogP contribution < -0.4 is 4.74 Å².